The van der Waals surface area contributed by atoms with Gasteiger partial charge in [0.2, 0.25) is 5.91 Å². The van der Waals surface area contributed by atoms with Crippen LogP contribution in [0.5, 0.6) is 0 Å². The summed E-state index contributed by atoms with van der Waals surface area (Å²) in [4.78, 5) is 25.0. The molecule has 2 aromatic rings. The Hall–Kier alpha value is -2.71. The van der Waals surface area contributed by atoms with E-state index < -0.39 is 5.97 Å². The number of ether oxygens (including phenoxy) is 1. The Morgan fingerprint density at radius 1 is 1.14 bits per heavy atom. The molecule has 29 heavy (non-hydrogen) atoms. The van der Waals surface area contributed by atoms with Crippen molar-refractivity contribution in [3.05, 3.63) is 58.7 Å². The zero-order valence-electron chi connectivity index (χ0n) is 17.2. The smallest absolute Gasteiger partial charge is 0.340 e. The molecule has 0 atom stereocenters. The lowest BCUT2D eigenvalue weighted by Gasteiger charge is -2.32. The minimum atomic E-state index is -0.467. The molecule has 1 amide bonds. The lowest BCUT2D eigenvalue weighted by molar-refractivity contribution is -0.114. The number of thioether (sulfide) groups is 1. The number of benzene rings is 2. The summed E-state index contributed by atoms with van der Waals surface area (Å²) in [6, 6.07) is 11.5. The molecule has 0 aliphatic carbocycles. The van der Waals surface area contributed by atoms with Gasteiger partial charge in [0.1, 0.15) is 0 Å². The van der Waals surface area contributed by atoms with Gasteiger partial charge in [-0.1, -0.05) is 25.7 Å². The summed E-state index contributed by atoms with van der Waals surface area (Å²) >= 11 is 1.90. The molecule has 1 aliphatic rings. The minimum absolute atomic E-state index is 0.151. The summed E-state index contributed by atoms with van der Waals surface area (Å²) in [7, 11) is 0. The van der Waals surface area contributed by atoms with Crippen LogP contribution in [0, 0.1) is 11.8 Å². The van der Waals surface area contributed by atoms with E-state index in [0.717, 1.165) is 17.7 Å². The fourth-order valence-corrected chi connectivity index (χ4v) is 4.75. The summed E-state index contributed by atoms with van der Waals surface area (Å²) in [6.07, 6.45) is 1.15. The number of rotatable bonds is 3. The van der Waals surface area contributed by atoms with Gasteiger partial charge in [-0.05, 0) is 66.5 Å². The zero-order valence-corrected chi connectivity index (χ0v) is 18.0. The number of esters is 1. The molecule has 1 N–H and O–H groups in total. The molecular formula is C24H25NO3S. The second kappa shape index (κ2) is 8.75. The predicted molar refractivity (Wildman–Crippen MR) is 117 cm³/mol. The molecule has 0 aromatic heterocycles. The van der Waals surface area contributed by atoms with Crippen molar-refractivity contribution in [1.82, 2.24) is 0 Å². The Morgan fingerprint density at radius 2 is 1.83 bits per heavy atom. The minimum Gasteiger partial charge on any atom is -0.462 e. The van der Waals surface area contributed by atoms with E-state index in [1.165, 1.54) is 17.4 Å². The number of carbonyl (C=O) groups is 2. The number of carbonyl (C=O) groups excluding carboxylic acids is 2. The molecule has 5 heteroatoms. The molecule has 3 rings (SSSR count). The number of fused-ring (bicyclic) bond motifs is 1. The van der Waals surface area contributed by atoms with Crippen molar-refractivity contribution in [1.29, 1.82) is 0 Å². The second-order valence-electron chi connectivity index (χ2n) is 7.61. The molecule has 2 aromatic carbocycles. The van der Waals surface area contributed by atoms with Crippen molar-refractivity contribution in [2.75, 3.05) is 17.7 Å². The number of anilines is 1. The van der Waals surface area contributed by atoms with E-state index in [1.54, 1.807) is 25.1 Å². The molecule has 0 fully saturated rings. The Kier molecular flexibility index (Phi) is 6.34. The van der Waals surface area contributed by atoms with Crippen LogP contribution in [-0.4, -0.2) is 24.2 Å². The maximum absolute atomic E-state index is 12.1. The molecule has 4 nitrogen and oxygen atoms in total. The van der Waals surface area contributed by atoms with Crippen LogP contribution in [0.25, 0.3) is 0 Å². The quantitative estimate of drug-likeness (QED) is 0.575. The van der Waals surface area contributed by atoms with E-state index >= 15 is 0 Å². The summed E-state index contributed by atoms with van der Waals surface area (Å²) < 4.78 is 5.06. The molecule has 0 saturated carbocycles. The summed E-state index contributed by atoms with van der Waals surface area (Å²) in [6.45, 7) is 7.97. The van der Waals surface area contributed by atoms with Gasteiger partial charge in [0, 0.05) is 22.9 Å². The third-order valence-corrected chi connectivity index (χ3v) is 5.95. The third-order valence-electron chi connectivity index (χ3n) is 4.87. The maximum atomic E-state index is 12.1. The molecule has 0 bridgehead atoms. The van der Waals surface area contributed by atoms with Crippen LogP contribution < -0.4 is 5.32 Å². The molecule has 150 valence electrons. The van der Waals surface area contributed by atoms with Gasteiger partial charge in [-0.25, -0.2) is 4.79 Å². The van der Waals surface area contributed by atoms with Crippen LogP contribution in [0.1, 0.15) is 61.2 Å². The molecular weight excluding hydrogens is 382 g/mol. The second-order valence-corrected chi connectivity index (χ2v) is 8.74. The highest BCUT2D eigenvalue weighted by atomic mass is 32.2. The average molecular weight is 408 g/mol. The fourth-order valence-electron chi connectivity index (χ4n) is 3.26. The summed E-state index contributed by atoms with van der Waals surface area (Å²) in [5, 5.41) is 2.69. The Bertz CT molecular complexity index is 1010. The van der Waals surface area contributed by atoms with Crippen molar-refractivity contribution in [3.63, 3.8) is 0 Å². The molecule has 0 saturated heterocycles. The van der Waals surface area contributed by atoms with Crippen molar-refractivity contribution >= 4 is 29.3 Å². The lowest BCUT2D eigenvalue weighted by Crippen LogP contribution is -2.22. The van der Waals surface area contributed by atoms with E-state index in [1.807, 2.05) is 17.8 Å². The van der Waals surface area contributed by atoms with Gasteiger partial charge in [0.15, 0.2) is 0 Å². The van der Waals surface area contributed by atoms with Crippen molar-refractivity contribution < 1.29 is 14.3 Å². The Labute approximate surface area is 176 Å². The Morgan fingerprint density at radius 3 is 2.52 bits per heavy atom. The van der Waals surface area contributed by atoms with Crippen molar-refractivity contribution in [3.8, 4) is 11.8 Å². The van der Waals surface area contributed by atoms with Crippen molar-refractivity contribution in [2.45, 2.75) is 44.4 Å². The van der Waals surface area contributed by atoms with E-state index in [4.69, 9.17) is 4.74 Å². The highest BCUT2D eigenvalue weighted by Gasteiger charge is 2.27. The molecule has 1 aliphatic heterocycles. The monoisotopic (exact) mass is 407 g/mol. The van der Waals surface area contributed by atoms with Gasteiger partial charge in [0.05, 0.1) is 17.9 Å². The normalized spacial score (nSPS) is 14.2. The first-order valence-electron chi connectivity index (χ1n) is 9.68. The standard InChI is InChI=1S/C24H25NO3S/c1-5-28-23(27)19-10-8-18(15-21(19)25-16(2)26)7-6-17-9-11-22-20(14-17)24(3,4)12-13-29-22/h8-11,14-15H,5,12-13H2,1-4H3,(H,25,26). The zero-order chi connectivity index (χ0) is 21.0. The summed E-state index contributed by atoms with van der Waals surface area (Å²) in [5.74, 6) is 6.78. The summed E-state index contributed by atoms with van der Waals surface area (Å²) in [5.41, 5.74) is 3.89. The molecule has 0 spiro atoms. The van der Waals surface area contributed by atoms with E-state index in [9.17, 15) is 9.59 Å². The predicted octanol–water partition coefficient (Wildman–Crippen LogP) is 4.99. The highest BCUT2D eigenvalue weighted by molar-refractivity contribution is 7.99. The first-order chi connectivity index (χ1) is 13.8. The van der Waals surface area contributed by atoms with Gasteiger partial charge in [-0.15, -0.1) is 11.8 Å². The number of hydrogen-bond acceptors (Lipinski definition) is 4. The average Bonchev–Trinajstić information content (AvgIpc) is 2.66. The van der Waals surface area contributed by atoms with Crippen LogP contribution in [0.2, 0.25) is 0 Å². The van der Waals surface area contributed by atoms with Crippen LogP contribution in [0.15, 0.2) is 41.3 Å². The number of nitrogens with one attached hydrogen (secondary N) is 1. The fraction of sp³-hybridized carbons (Fsp3) is 0.333. The van der Waals surface area contributed by atoms with Gasteiger partial charge >= 0.3 is 5.97 Å². The van der Waals surface area contributed by atoms with Gasteiger partial charge in [-0.3, -0.25) is 4.79 Å². The first-order valence-corrected chi connectivity index (χ1v) is 10.7. The largest absolute Gasteiger partial charge is 0.462 e. The first kappa shape index (κ1) is 21.0. The highest BCUT2D eigenvalue weighted by Crippen LogP contribution is 2.41. The van der Waals surface area contributed by atoms with Gasteiger partial charge in [0.25, 0.3) is 0 Å². The third kappa shape index (κ3) is 5.02. The SMILES string of the molecule is CCOC(=O)c1ccc(C#Cc2ccc3c(c2)C(C)(C)CCS3)cc1NC(C)=O. The van der Waals surface area contributed by atoms with Crippen LogP contribution in [-0.2, 0) is 14.9 Å². The Balaban J connectivity index is 1.92. The number of amides is 1. The van der Waals surface area contributed by atoms with Crippen LogP contribution in [0.3, 0.4) is 0 Å². The number of hydrogen-bond donors (Lipinski definition) is 1. The van der Waals surface area contributed by atoms with Gasteiger partial charge in [-0.2, -0.15) is 0 Å². The van der Waals surface area contributed by atoms with Crippen LogP contribution >= 0.6 is 11.8 Å². The van der Waals surface area contributed by atoms with E-state index in [0.29, 0.717) is 16.8 Å². The van der Waals surface area contributed by atoms with E-state index in [-0.39, 0.29) is 17.9 Å². The maximum Gasteiger partial charge on any atom is 0.340 e. The topological polar surface area (TPSA) is 55.4 Å². The van der Waals surface area contributed by atoms with E-state index in [2.05, 4.69) is 43.1 Å². The molecule has 1 heterocycles. The molecule has 0 unspecified atom stereocenters. The van der Waals surface area contributed by atoms with Crippen molar-refractivity contribution in [2.24, 2.45) is 0 Å². The molecule has 0 radical (unpaired) electrons. The lowest BCUT2D eigenvalue weighted by atomic mass is 9.81. The van der Waals surface area contributed by atoms with Crippen LogP contribution in [0.4, 0.5) is 5.69 Å². The van der Waals surface area contributed by atoms with Gasteiger partial charge < -0.3 is 10.1 Å².